The highest BCUT2D eigenvalue weighted by Crippen LogP contribution is 2.15. The summed E-state index contributed by atoms with van der Waals surface area (Å²) >= 11 is 0. The molecule has 0 aliphatic carbocycles. The molecule has 1 saturated heterocycles. The fourth-order valence-electron chi connectivity index (χ4n) is 2.26. The van der Waals surface area contributed by atoms with E-state index in [0.29, 0.717) is 25.2 Å². The minimum absolute atomic E-state index is 0.123. The van der Waals surface area contributed by atoms with Crippen LogP contribution in [0.5, 0.6) is 0 Å². The van der Waals surface area contributed by atoms with Crippen molar-refractivity contribution in [3.8, 4) is 0 Å². The topological polar surface area (TPSA) is 101 Å². The lowest BCUT2D eigenvalue weighted by Crippen LogP contribution is -2.56. The van der Waals surface area contributed by atoms with Crippen molar-refractivity contribution >= 4 is 11.8 Å². The van der Waals surface area contributed by atoms with Crippen LogP contribution in [0.2, 0.25) is 0 Å². The maximum Gasteiger partial charge on any atom is 0.248 e. The Balaban J connectivity index is 2.16. The number of carbonyl (C=O) groups is 2. The van der Waals surface area contributed by atoms with Crippen LogP contribution in [0.1, 0.15) is 15.9 Å². The summed E-state index contributed by atoms with van der Waals surface area (Å²) < 4.78 is 13.9. The molecule has 108 valence electrons. The second-order valence-corrected chi connectivity index (χ2v) is 4.76. The number of piperazine rings is 1. The molecule has 1 aliphatic heterocycles. The second-order valence-electron chi connectivity index (χ2n) is 4.76. The Morgan fingerprint density at radius 1 is 1.40 bits per heavy atom. The van der Waals surface area contributed by atoms with E-state index in [1.165, 1.54) is 12.1 Å². The van der Waals surface area contributed by atoms with E-state index in [9.17, 15) is 14.0 Å². The monoisotopic (exact) mass is 280 g/mol. The zero-order chi connectivity index (χ0) is 14.7. The molecule has 1 atom stereocenters. The van der Waals surface area contributed by atoms with Gasteiger partial charge in [0.2, 0.25) is 11.8 Å². The molecule has 2 rings (SSSR count). The molecular formula is C13H17FN4O2. The molecule has 6 nitrogen and oxygen atoms in total. The number of hydrogen-bond acceptors (Lipinski definition) is 4. The summed E-state index contributed by atoms with van der Waals surface area (Å²) in [6.07, 6.45) is 0. The fraction of sp³-hybridized carbons (Fsp3) is 0.385. The van der Waals surface area contributed by atoms with Gasteiger partial charge in [-0.25, -0.2) is 4.39 Å². The third kappa shape index (κ3) is 3.12. The molecule has 2 amide bonds. The zero-order valence-corrected chi connectivity index (χ0v) is 10.9. The molecule has 1 aromatic carbocycles. The highest BCUT2D eigenvalue weighted by Gasteiger charge is 2.27. The van der Waals surface area contributed by atoms with E-state index in [0.717, 1.165) is 6.07 Å². The van der Waals surface area contributed by atoms with Gasteiger partial charge in [-0.1, -0.05) is 6.07 Å². The Morgan fingerprint density at radius 2 is 2.15 bits per heavy atom. The summed E-state index contributed by atoms with van der Waals surface area (Å²) in [5.74, 6) is -1.62. The predicted molar refractivity (Wildman–Crippen MR) is 71.2 cm³/mol. The fourth-order valence-corrected chi connectivity index (χ4v) is 2.26. The van der Waals surface area contributed by atoms with Crippen molar-refractivity contribution in [1.29, 1.82) is 0 Å². The molecule has 1 heterocycles. The number of nitrogens with two attached hydrogens (primary N) is 2. The van der Waals surface area contributed by atoms with Crippen LogP contribution in [0.25, 0.3) is 0 Å². The Labute approximate surface area is 115 Å². The molecule has 1 aliphatic rings. The first kappa shape index (κ1) is 14.4. The molecule has 1 unspecified atom stereocenters. The standard InChI is InChI=1S/C13H17FN4O2/c14-10-5-8(12(15)19)1-2-9(10)7-18-4-3-17-6-11(18)13(16)20/h1-2,5,11,17H,3-4,6-7H2,(H2,15,19)(H2,16,20). The number of halogens is 1. The molecule has 0 aromatic heterocycles. The number of nitrogens with zero attached hydrogens (tertiary/aromatic N) is 1. The van der Waals surface area contributed by atoms with Crippen LogP contribution >= 0.6 is 0 Å². The number of primary amides is 2. The second kappa shape index (κ2) is 5.98. The lowest BCUT2D eigenvalue weighted by atomic mass is 10.1. The zero-order valence-electron chi connectivity index (χ0n) is 10.9. The summed E-state index contributed by atoms with van der Waals surface area (Å²) in [5, 5.41) is 3.07. The van der Waals surface area contributed by atoms with Gasteiger partial charge < -0.3 is 16.8 Å². The van der Waals surface area contributed by atoms with E-state index in [2.05, 4.69) is 5.32 Å². The van der Waals surface area contributed by atoms with Crippen molar-refractivity contribution < 1.29 is 14.0 Å². The van der Waals surface area contributed by atoms with Crippen LogP contribution in [0.3, 0.4) is 0 Å². The van der Waals surface area contributed by atoms with Gasteiger partial charge in [-0.05, 0) is 12.1 Å². The van der Waals surface area contributed by atoms with Crippen molar-refractivity contribution in [2.24, 2.45) is 11.5 Å². The number of amides is 2. The Kier molecular flexibility index (Phi) is 4.31. The van der Waals surface area contributed by atoms with Crippen LogP contribution < -0.4 is 16.8 Å². The van der Waals surface area contributed by atoms with Gasteiger partial charge in [0.1, 0.15) is 11.9 Å². The van der Waals surface area contributed by atoms with Crippen LogP contribution in [0, 0.1) is 5.82 Å². The maximum atomic E-state index is 13.9. The number of carbonyl (C=O) groups excluding carboxylic acids is 2. The van der Waals surface area contributed by atoms with Crippen molar-refractivity contribution in [3.05, 3.63) is 35.1 Å². The summed E-state index contributed by atoms with van der Waals surface area (Å²) in [7, 11) is 0. The summed E-state index contributed by atoms with van der Waals surface area (Å²) in [6.45, 7) is 2.03. The molecule has 0 spiro atoms. The average molecular weight is 280 g/mol. The molecule has 7 heteroatoms. The van der Waals surface area contributed by atoms with Gasteiger partial charge >= 0.3 is 0 Å². The first-order valence-corrected chi connectivity index (χ1v) is 6.31. The highest BCUT2D eigenvalue weighted by atomic mass is 19.1. The molecule has 0 bridgehead atoms. The minimum Gasteiger partial charge on any atom is -0.368 e. The molecule has 5 N–H and O–H groups in total. The summed E-state index contributed by atoms with van der Waals surface area (Å²) in [4.78, 5) is 24.2. The van der Waals surface area contributed by atoms with Crippen molar-refractivity contribution in [1.82, 2.24) is 10.2 Å². The van der Waals surface area contributed by atoms with Gasteiger partial charge in [-0.15, -0.1) is 0 Å². The third-order valence-electron chi connectivity index (χ3n) is 3.39. The average Bonchev–Trinajstić information content (AvgIpc) is 2.41. The van der Waals surface area contributed by atoms with E-state index < -0.39 is 23.7 Å². The Hall–Kier alpha value is -1.99. The first-order chi connectivity index (χ1) is 9.49. The van der Waals surface area contributed by atoms with Crippen molar-refractivity contribution in [2.45, 2.75) is 12.6 Å². The molecule has 1 fully saturated rings. The lowest BCUT2D eigenvalue weighted by Gasteiger charge is -2.34. The number of benzene rings is 1. The van der Waals surface area contributed by atoms with Gasteiger partial charge in [-0.3, -0.25) is 14.5 Å². The van der Waals surface area contributed by atoms with Crippen LogP contribution in [0.15, 0.2) is 18.2 Å². The van der Waals surface area contributed by atoms with Crippen LogP contribution in [-0.4, -0.2) is 42.4 Å². The highest BCUT2D eigenvalue weighted by molar-refractivity contribution is 5.92. The first-order valence-electron chi connectivity index (χ1n) is 6.31. The maximum absolute atomic E-state index is 13.9. The van der Waals surface area contributed by atoms with Crippen LogP contribution in [0.4, 0.5) is 4.39 Å². The van der Waals surface area contributed by atoms with Gasteiger partial charge in [0.15, 0.2) is 0 Å². The van der Waals surface area contributed by atoms with Gasteiger partial charge in [0, 0.05) is 37.3 Å². The number of nitrogens with one attached hydrogen (secondary N) is 1. The van der Waals surface area contributed by atoms with E-state index in [-0.39, 0.29) is 12.1 Å². The van der Waals surface area contributed by atoms with E-state index in [1.807, 2.05) is 4.90 Å². The van der Waals surface area contributed by atoms with Gasteiger partial charge in [-0.2, -0.15) is 0 Å². The minimum atomic E-state index is -0.673. The summed E-state index contributed by atoms with van der Waals surface area (Å²) in [5.41, 5.74) is 11.0. The summed E-state index contributed by atoms with van der Waals surface area (Å²) in [6, 6.07) is 3.63. The molecule has 0 radical (unpaired) electrons. The SMILES string of the molecule is NC(=O)c1ccc(CN2CCNCC2C(N)=O)c(F)c1. The largest absolute Gasteiger partial charge is 0.368 e. The Bertz CT molecular complexity index is 535. The smallest absolute Gasteiger partial charge is 0.248 e. The predicted octanol–water partition coefficient (Wildman–Crippen LogP) is -0.816. The molecule has 1 aromatic rings. The molecular weight excluding hydrogens is 263 g/mol. The molecule has 0 saturated carbocycles. The van der Waals surface area contributed by atoms with E-state index >= 15 is 0 Å². The van der Waals surface area contributed by atoms with Gasteiger partial charge in [0.25, 0.3) is 0 Å². The number of hydrogen-bond donors (Lipinski definition) is 3. The quantitative estimate of drug-likeness (QED) is 0.671. The van der Waals surface area contributed by atoms with E-state index in [1.54, 1.807) is 0 Å². The third-order valence-corrected chi connectivity index (χ3v) is 3.39. The van der Waals surface area contributed by atoms with Crippen molar-refractivity contribution in [3.63, 3.8) is 0 Å². The van der Waals surface area contributed by atoms with E-state index in [4.69, 9.17) is 11.5 Å². The Morgan fingerprint density at radius 3 is 2.75 bits per heavy atom. The van der Waals surface area contributed by atoms with Crippen LogP contribution in [-0.2, 0) is 11.3 Å². The van der Waals surface area contributed by atoms with Crippen molar-refractivity contribution in [2.75, 3.05) is 19.6 Å². The lowest BCUT2D eigenvalue weighted by molar-refractivity contribution is -0.124. The van der Waals surface area contributed by atoms with Gasteiger partial charge in [0.05, 0.1) is 0 Å². The number of rotatable bonds is 4. The molecule has 20 heavy (non-hydrogen) atoms. The normalized spacial score (nSPS) is 19.8.